The molecule has 0 aromatic heterocycles. The molecule has 0 atom stereocenters. The van der Waals surface area contributed by atoms with Crippen LogP contribution in [-0.2, 0) is 11.3 Å². The Morgan fingerprint density at radius 2 is 2.11 bits per heavy atom. The van der Waals surface area contributed by atoms with E-state index in [-0.39, 0.29) is 11.9 Å². The average molecular weight is 274 g/mol. The third-order valence-corrected chi connectivity index (χ3v) is 2.92. The average Bonchev–Trinajstić information content (AvgIpc) is 2.30. The van der Waals surface area contributed by atoms with Crippen LogP contribution in [0.25, 0.3) is 0 Å². The Balaban J connectivity index is 2.14. The fraction of sp³-hybridized carbons (Fsp3) is 0.571. The highest BCUT2D eigenvalue weighted by Gasteiger charge is 2.05. The van der Waals surface area contributed by atoms with E-state index in [0.717, 1.165) is 26.0 Å². The van der Waals surface area contributed by atoms with Crippen molar-refractivity contribution in [3.63, 3.8) is 0 Å². The van der Waals surface area contributed by atoms with Gasteiger partial charge in [-0.3, -0.25) is 0 Å². The predicted molar refractivity (Wildman–Crippen MR) is 73.4 cm³/mol. The highest BCUT2D eigenvalue weighted by molar-refractivity contribution is 6.31. The number of rotatable bonds is 8. The maximum Gasteiger partial charge on any atom is 0.129 e. The number of hydrogen-bond acceptors (Lipinski definition) is 2. The molecule has 0 aliphatic heterocycles. The summed E-state index contributed by atoms with van der Waals surface area (Å²) in [6, 6.07) is 4.75. The molecule has 102 valence electrons. The van der Waals surface area contributed by atoms with E-state index in [1.807, 2.05) is 13.8 Å². The lowest BCUT2D eigenvalue weighted by Crippen LogP contribution is -2.16. The van der Waals surface area contributed by atoms with Crippen molar-refractivity contribution in [1.82, 2.24) is 5.32 Å². The van der Waals surface area contributed by atoms with E-state index in [4.69, 9.17) is 16.3 Å². The molecule has 4 heteroatoms. The fourth-order valence-electron chi connectivity index (χ4n) is 1.59. The fourth-order valence-corrected chi connectivity index (χ4v) is 1.82. The molecule has 0 unspecified atom stereocenters. The largest absolute Gasteiger partial charge is 0.379 e. The Morgan fingerprint density at radius 1 is 1.33 bits per heavy atom. The van der Waals surface area contributed by atoms with Gasteiger partial charge < -0.3 is 10.1 Å². The summed E-state index contributed by atoms with van der Waals surface area (Å²) in [5.41, 5.74) is 0.539. The summed E-state index contributed by atoms with van der Waals surface area (Å²) >= 11 is 5.93. The maximum absolute atomic E-state index is 13.4. The summed E-state index contributed by atoms with van der Waals surface area (Å²) in [4.78, 5) is 0. The first-order chi connectivity index (χ1) is 8.61. The van der Waals surface area contributed by atoms with Crippen LogP contribution in [0.4, 0.5) is 4.39 Å². The Morgan fingerprint density at radius 3 is 2.78 bits per heavy atom. The molecule has 0 saturated carbocycles. The van der Waals surface area contributed by atoms with Crippen LogP contribution in [0.2, 0.25) is 5.02 Å². The number of unbranched alkanes of at least 4 members (excludes halogenated alkanes) is 1. The van der Waals surface area contributed by atoms with Gasteiger partial charge in [0.1, 0.15) is 5.82 Å². The number of hydrogen-bond donors (Lipinski definition) is 1. The van der Waals surface area contributed by atoms with Crippen LogP contribution < -0.4 is 5.32 Å². The molecule has 0 amide bonds. The van der Waals surface area contributed by atoms with Gasteiger partial charge in [0.05, 0.1) is 6.10 Å². The molecule has 0 heterocycles. The van der Waals surface area contributed by atoms with Crippen LogP contribution in [0, 0.1) is 5.82 Å². The molecule has 2 nitrogen and oxygen atoms in total. The lowest BCUT2D eigenvalue weighted by Gasteiger charge is -2.09. The quantitative estimate of drug-likeness (QED) is 0.728. The van der Waals surface area contributed by atoms with Crippen LogP contribution in [0.15, 0.2) is 18.2 Å². The topological polar surface area (TPSA) is 21.3 Å². The zero-order valence-electron chi connectivity index (χ0n) is 11.0. The van der Waals surface area contributed by atoms with Gasteiger partial charge in [0.15, 0.2) is 0 Å². The normalized spacial score (nSPS) is 11.2. The molecule has 0 bridgehead atoms. The monoisotopic (exact) mass is 273 g/mol. The molecule has 0 aliphatic carbocycles. The van der Waals surface area contributed by atoms with Crippen LogP contribution in [0.1, 0.15) is 32.3 Å². The molecule has 1 aromatic rings. The Kier molecular flexibility index (Phi) is 7.25. The minimum absolute atomic E-state index is 0.252. The van der Waals surface area contributed by atoms with E-state index >= 15 is 0 Å². The lowest BCUT2D eigenvalue weighted by molar-refractivity contribution is 0.0760. The smallest absolute Gasteiger partial charge is 0.129 e. The van der Waals surface area contributed by atoms with Gasteiger partial charge in [-0.25, -0.2) is 4.39 Å². The van der Waals surface area contributed by atoms with E-state index in [0.29, 0.717) is 17.1 Å². The first kappa shape index (κ1) is 15.4. The van der Waals surface area contributed by atoms with Gasteiger partial charge in [-0.1, -0.05) is 17.7 Å². The number of benzene rings is 1. The zero-order chi connectivity index (χ0) is 13.4. The first-order valence-corrected chi connectivity index (χ1v) is 6.74. The molecule has 0 spiro atoms. The summed E-state index contributed by atoms with van der Waals surface area (Å²) in [7, 11) is 0. The van der Waals surface area contributed by atoms with Gasteiger partial charge in [-0.05, 0) is 45.4 Å². The Hall–Kier alpha value is -0.640. The van der Waals surface area contributed by atoms with Crippen molar-refractivity contribution >= 4 is 11.6 Å². The van der Waals surface area contributed by atoms with Crippen LogP contribution in [0.5, 0.6) is 0 Å². The Bertz CT molecular complexity index is 337. The summed E-state index contributed by atoms with van der Waals surface area (Å²) in [6.45, 7) is 6.14. The van der Waals surface area contributed by atoms with Crippen molar-refractivity contribution in [3.05, 3.63) is 34.6 Å². The zero-order valence-corrected chi connectivity index (χ0v) is 11.8. The predicted octanol–water partition coefficient (Wildman–Crippen LogP) is 3.77. The van der Waals surface area contributed by atoms with E-state index in [2.05, 4.69) is 5.32 Å². The standard InChI is InChI=1S/C14H21ClFNO/c1-11(2)18-9-4-3-8-17-10-12-13(15)6-5-7-14(12)16/h5-7,11,17H,3-4,8-10H2,1-2H3. The van der Waals surface area contributed by atoms with Crippen molar-refractivity contribution in [2.24, 2.45) is 0 Å². The molecule has 1 rings (SSSR count). The molecular formula is C14H21ClFNO. The summed E-state index contributed by atoms with van der Waals surface area (Å²) < 4.78 is 18.9. The number of ether oxygens (including phenoxy) is 1. The van der Waals surface area contributed by atoms with Crippen LogP contribution in [-0.4, -0.2) is 19.3 Å². The highest BCUT2D eigenvalue weighted by Crippen LogP contribution is 2.18. The summed E-state index contributed by atoms with van der Waals surface area (Å²) in [5.74, 6) is -0.252. The molecular weight excluding hydrogens is 253 g/mol. The van der Waals surface area contributed by atoms with Crippen molar-refractivity contribution in [3.8, 4) is 0 Å². The van der Waals surface area contributed by atoms with Crippen molar-refractivity contribution < 1.29 is 9.13 Å². The summed E-state index contributed by atoms with van der Waals surface area (Å²) in [5, 5.41) is 3.67. The molecule has 1 N–H and O–H groups in total. The first-order valence-electron chi connectivity index (χ1n) is 6.36. The highest BCUT2D eigenvalue weighted by atomic mass is 35.5. The second-order valence-electron chi connectivity index (χ2n) is 4.50. The van der Waals surface area contributed by atoms with Gasteiger partial charge in [0.2, 0.25) is 0 Å². The number of nitrogens with one attached hydrogen (secondary N) is 1. The van der Waals surface area contributed by atoms with Crippen molar-refractivity contribution in [2.45, 2.75) is 39.3 Å². The maximum atomic E-state index is 13.4. The lowest BCUT2D eigenvalue weighted by atomic mass is 10.2. The third kappa shape index (κ3) is 5.80. The van der Waals surface area contributed by atoms with Crippen LogP contribution >= 0.6 is 11.6 Å². The van der Waals surface area contributed by atoms with Gasteiger partial charge in [0, 0.05) is 23.7 Å². The van der Waals surface area contributed by atoms with Gasteiger partial charge in [0.25, 0.3) is 0 Å². The van der Waals surface area contributed by atoms with Gasteiger partial charge in [-0.15, -0.1) is 0 Å². The van der Waals surface area contributed by atoms with Crippen molar-refractivity contribution in [1.29, 1.82) is 0 Å². The molecule has 0 fully saturated rings. The second-order valence-corrected chi connectivity index (χ2v) is 4.91. The third-order valence-electron chi connectivity index (χ3n) is 2.56. The second kappa shape index (κ2) is 8.46. The molecule has 18 heavy (non-hydrogen) atoms. The Labute approximate surface area is 113 Å². The van der Waals surface area contributed by atoms with E-state index in [1.165, 1.54) is 6.07 Å². The SMILES string of the molecule is CC(C)OCCCCNCc1c(F)cccc1Cl. The minimum atomic E-state index is -0.252. The van der Waals surface area contributed by atoms with E-state index in [1.54, 1.807) is 12.1 Å². The molecule has 0 saturated heterocycles. The van der Waals surface area contributed by atoms with Gasteiger partial charge in [-0.2, -0.15) is 0 Å². The van der Waals surface area contributed by atoms with Crippen molar-refractivity contribution in [2.75, 3.05) is 13.2 Å². The molecule has 0 aliphatic rings. The minimum Gasteiger partial charge on any atom is -0.379 e. The molecule has 1 aromatic carbocycles. The van der Waals surface area contributed by atoms with E-state index in [9.17, 15) is 4.39 Å². The van der Waals surface area contributed by atoms with Gasteiger partial charge >= 0.3 is 0 Å². The number of halogens is 2. The molecule has 0 radical (unpaired) electrons. The van der Waals surface area contributed by atoms with E-state index < -0.39 is 0 Å². The van der Waals surface area contributed by atoms with Crippen LogP contribution in [0.3, 0.4) is 0 Å². The summed E-state index contributed by atoms with van der Waals surface area (Å²) in [6.07, 6.45) is 2.31.